The van der Waals surface area contributed by atoms with Crippen molar-refractivity contribution in [3.63, 3.8) is 0 Å². The molecule has 0 unspecified atom stereocenters. The molecule has 0 bridgehead atoms. The fourth-order valence-electron chi connectivity index (χ4n) is 2.04. The Morgan fingerprint density at radius 1 is 1.35 bits per heavy atom. The molecule has 100 valence electrons. The molecule has 0 aromatic carbocycles. The van der Waals surface area contributed by atoms with E-state index >= 15 is 0 Å². The van der Waals surface area contributed by atoms with Gasteiger partial charge in [0.15, 0.2) is 0 Å². The molecule has 1 saturated carbocycles. The molecule has 1 rings (SSSR count). The van der Waals surface area contributed by atoms with Crippen molar-refractivity contribution < 1.29 is 9.53 Å². The van der Waals surface area contributed by atoms with Crippen LogP contribution in [-0.4, -0.2) is 32.2 Å². The SMILES string of the molecule is CCCCOCCCNC(=O)C1(CN)CCC1. The summed E-state index contributed by atoms with van der Waals surface area (Å²) in [5.74, 6) is 0.139. The number of hydrogen-bond donors (Lipinski definition) is 2. The first-order valence-corrected chi connectivity index (χ1v) is 6.81. The second kappa shape index (κ2) is 7.67. The van der Waals surface area contributed by atoms with Crippen LogP contribution in [0.25, 0.3) is 0 Å². The molecule has 1 aliphatic rings. The lowest BCUT2D eigenvalue weighted by atomic mass is 9.68. The Kier molecular flexibility index (Phi) is 6.52. The second-order valence-corrected chi connectivity index (χ2v) is 4.91. The van der Waals surface area contributed by atoms with Crippen LogP contribution in [0.5, 0.6) is 0 Å². The Hall–Kier alpha value is -0.610. The molecule has 4 heteroatoms. The van der Waals surface area contributed by atoms with Gasteiger partial charge in [-0.1, -0.05) is 19.8 Å². The molecule has 3 N–H and O–H groups in total. The summed E-state index contributed by atoms with van der Waals surface area (Å²) in [4.78, 5) is 11.9. The fraction of sp³-hybridized carbons (Fsp3) is 0.923. The topological polar surface area (TPSA) is 64.3 Å². The standard InChI is InChI=1S/C13H26N2O2/c1-2-3-9-17-10-5-8-15-12(16)13(11-14)6-4-7-13/h2-11,14H2,1H3,(H,15,16). The monoisotopic (exact) mass is 242 g/mol. The van der Waals surface area contributed by atoms with E-state index < -0.39 is 0 Å². The van der Waals surface area contributed by atoms with Gasteiger partial charge >= 0.3 is 0 Å². The van der Waals surface area contributed by atoms with Crippen molar-refractivity contribution in [2.75, 3.05) is 26.3 Å². The van der Waals surface area contributed by atoms with E-state index in [0.717, 1.165) is 51.7 Å². The van der Waals surface area contributed by atoms with Crippen molar-refractivity contribution >= 4 is 5.91 Å². The van der Waals surface area contributed by atoms with Crippen molar-refractivity contribution in [2.24, 2.45) is 11.1 Å². The number of nitrogens with two attached hydrogens (primary N) is 1. The summed E-state index contributed by atoms with van der Waals surface area (Å²) < 4.78 is 5.43. The van der Waals surface area contributed by atoms with Gasteiger partial charge in [0.05, 0.1) is 5.41 Å². The second-order valence-electron chi connectivity index (χ2n) is 4.91. The summed E-state index contributed by atoms with van der Waals surface area (Å²) in [5, 5.41) is 2.97. The van der Waals surface area contributed by atoms with E-state index in [1.165, 1.54) is 0 Å². The van der Waals surface area contributed by atoms with E-state index in [4.69, 9.17) is 10.5 Å². The molecule has 17 heavy (non-hydrogen) atoms. The molecule has 0 atom stereocenters. The number of unbranched alkanes of at least 4 members (excludes halogenated alkanes) is 1. The third-order valence-corrected chi connectivity index (χ3v) is 3.58. The van der Waals surface area contributed by atoms with Gasteiger partial charge in [0.2, 0.25) is 5.91 Å². The predicted molar refractivity (Wildman–Crippen MR) is 68.7 cm³/mol. The van der Waals surface area contributed by atoms with Crippen LogP contribution in [0.2, 0.25) is 0 Å². The summed E-state index contributed by atoms with van der Waals surface area (Å²) in [7, 11) is 0. The van der Waals surface area contributed by atoms with Gasteiger partial charge in [-0.2, -0.15) is 0 Å². The minimum atomic E-state index is -0.247. The number of ether oxygens (including phenoxy) is 1. The fourth-order valence-corrected chi connectivity index (χ4v) is 2.04. The van der Waals surface area contributed by atoms with Gasteiger partial charge in [0, 0.05) is 26.3 Å². The normalized spacial score (nSPS) is 17.5. The lowest BCUT2D eigenvalue weighted by Gasteiger charge is -2.39. The van der Waals surface area contributed by atoms with Crippen LogP contribution in [-0.2, 0) is 9.53 Å². The van der Waals surface area contributed by atoms with Crippen molar-refractivity contribution in [2.45, 2.75) is 45.4 Å². The molecule has 0 radical (unpaired) electrons. The van der Waals surface area contributed by atoms with E-state index in [0.29, 0.717) is 13.1 Å². The van der Waals surface area contributed by atoms with Crippen LogP contribution in [0.15, 0.2) is 0 Å². The van der Waals surface area contributed by atoms with Gasteiger partial charge in [-0.3, -0.25) is 4.79 Å². The molecule has 0 spiro atoms. The zero-order valence-electron chi connectivity index (χ0n) is 11.0. The van der Waals surface area contributed by atoms with Crippen LogP contribution < -0.4 is 11.1 Å². The van der Waals surface area contributed by atoms with Crippen LogP contribution in [0.4, 0.5) is 0 Å². The Morgan fingerprint density at radius 2 is 2.06 bits per heavy atom. The van der Waals surface area contributed by atoms with Crippen LogP contribution in [0.3, 0.4) is 0 Å². The Bertz CT molecular complexity index is 222. The van der Waals surface area contributed by atoms with Gasteiger partial charge < -0.3 is 15.8 Å². The third kappa shape index (κ3) is 4.28. The third-order valence-electron chi connectivity index (χ3n) is 3.58. The minimum Gasteiger partial charge on any atom is -0.381 e. The van der Waals surface area contributed by atoms with Crippen molar-refractivity contribution in [1.82, 2.24) is 5.32 Å². The van der Waals surface area contributed by atoms with Gasteiger partial charge in [-0.05, 0) is 25.7 Å². The number of carbonyl (C=O) groups excluding carboxylic acids is 1. The summed E-state index contributed by atoms with van der Waals surface area (Å²) in [5.41, 5.74) is 5.42. The highest BCUT2D eigenvalue weighted by molar-refractivity contribution is 5.83. The molecular formula is C13H26N2O2. The number of nitrogens with one attached hydrogen (secondary N) is 1. The maximum Gasteiger partial charge on any atom is 0.227 e. The molecule has 4 nitrogen and oxygen atoms in total. The predicted octanol–water partition coefficient (Wildman–Crippen LogP) is 1.44. The molecule has 0 aromatic heterocycles. The first-order chi connectivity index (χ1) is 8.25. The van der Waals surface area contributed by atoms with Crippen molar-refractivity contribution in [3.05, 3.63) is 0 Å². The minimum absolute atomic E-state index is 0.139. The zero-order valence-corrected chi connectivity index (χ0v) is 11.0. The van der Waals surface area contributed by atoms with E-state index in [-0.39, 0.29) is 11.3 Å². The van der Waals surface area contributed by atoms with E-state index in [9.17, 15) is 4.79 Å². The maximum atomic E-state index is 11.9. The van der Waals surface area contributed by atoms with Crippen molar-refractivity contribution in [3.8, 4) is 0 Å². The first kappa shape index (κ1) is 14.5. The summed E-state index contributed by atoms with van der Waals surface area (Å²) >= 11 is 0. The van der Waals surface area contributed by atoms with Gasteiger partial charge in [0.1, 0.15) is 0 Å². The Labute approximate surface area is 104 Å². The van der Waals surface area contributed by atoms with E-state index in [1.807, 2.05) is 0 Å². The molecule has 0 heterocycles. The van der Waals surface area contributed by atoms with E-state index in [2.05, 4.69) is 12.2 Å². The smallest absolute Gasteiger partial charge is 0.227 e. The molecular weight excluding hydrogens is 216 g/mol. The number of hydrogen-bond acceptors (Lipinski definition) is 3. The first-order valence-electron chi connectivity index (χ1n) is 6.81. The largest absolute Gasteiger partial charge is 0.381 e. The zero-order chi connectivity index (χ0) is 12.6. The van der Waals surface area contributed by atoms with Crippen molar-refractivity contribution in [1.29, 1.82) is 0 Å². The van der Waals surface area contributed by atoms with Gasteiger partial charge in [0.25, 0.3) is 0 Å². The highest BCUT2D eigenvalue weighted by Gasteiger charge is 2.42. The quantitative estimate of drug-likeness (QED) is 0.601. The number of rotatable bonds is 9. The van der Waals surface area contributed by atoms with Gasteiger partial charge in [-0.15, -0.1) is 0 Å². The lowest BCUT2D eigenvalue weighted by Crippen LogP contribution is -2.50. The lowest BCUT2D eigenvalue weighted by molar-refractivity contribution is -0.135. The van der Waals surface area contributed by atoms with Crippen LogP contribution in [0, 0.1) is 5.41 Å². The molecule has 0 aromatic rings. The summed E-state index contributed by atoms with van der Waals surface area (Å²) in [6, 6.07) is 0. The Morgan fingerprint density at radius 3 is 2.59 bits per heavy atom. The highest BCUT2D eigenvalue weighted by atomic mass is 16.5. The average Bonchev–Trinajstić information content (AvgIpc) is 2.27. The van der Waals surface area contributed by atoms with Crippen LogP contribution in [0.1, 0.15) is 45.4 Å². The molecule has 1 amide bonds. The highest BCUT2D eigenvalue weighted by Crippen LogP contribution is 2.39. The van der Waals surface area contributed by atoms with E-state index in [1.54, 1.807) is 0 Å². The van der Waals surface area contributed by atoms with Crippen LogP contribution >= 0.6 is 0 Å². The molecule has 0 aliphatic heterocycles. The molecule has 1 fully saturated rings. The van der Waals surface area contributed by atoms with Gasteiger partial charge in [-0.25, -0.2) is 0 Å². The molecule has 1 aliphatic carbocycles. The average molecular weight is 242 g/mol. The maximum absolute atomic E-state index is 11.9. The number of carbonyl (C=O) groups is 1. The molecule has 0 saturated heterocycles. The Balaban J connectivity index is 2.00. The number of amides is 1. The summed E-state index contributed by atoms with van der Waals surface area (Å²) in [6.45, 7) is 4.89. The summed E-state index contributed by atoms with van der Waals surface area (Å²) in [6.07, 6.45) is 6.18.